The molecule has 0 unspecified atom stereocenters. The molecule has 0 saturated carbocycles. The van der Waals surface area contributed by atoms with E-state index in [0.29, 0.717) is 15.8 Å². The molecule has 2 aromatic rings. The third-order valence-corrected chi connectivity index (χ3v) is 6.70. The van der Waals surface area contributed by atoms with Crippen LogP contribution in [0.1, 0.15) is 37.1 Å². The van der Waals surface area contributed by atoms with Crippen molar-refractivity contribution in [3.63, 3.8) is 0 Å². The highest BCUT2D eigenvalue weighted by Crippen LogP contribution is 2.43. The summed E-state index contributed by atoms with van der Waals surface area (Å²) in [6.45, 7) is 3.81. The van der Waals surface area contributed by atoms with Gasteiger partial charge < -0.3 is 0 Å². The summed E-state index contributed by atoms with van der Waals surface area (Å²) >= 11 is 14.2. The number of anilines is 1. The molecule has 1 aromatic heterocycles. The zero-order valence-electron chi connectivity index (χ0n) is 15.6. The molecule has 2 atom stereocenters. The number of halogens is 2. The highest BCUT2D eigenvalue weighted by Gasteiger charge is 2.40. The SMILES string of the molecule is C[C@H]1C(C(=O)NN2CCCCC2)=NN(c2ccc(Cl)cc2Cl)[C@@H]1c1cccs1. The average Bonchev–Trinajstić information content (AvgIpc) is 3.30. The number of nitrogens with one attached hydrogen (secondary N) is 1. The molecule has 0 spiro atoms. The van der Waals surface area contributed by atoms with Crippen molar-refractivity contribution in [1.29, 1.82) is 0 Å². The Morgan fingerprint density at radius 1 is 1.21 bits per heavy atom. The van der Waals surface area contributed by atoms with Gasteiger partial charge in [-0.1, -0.05) is 42.6 Å². The minimum Gasteiger partial charge on any atom is -0.284 e. The molecule has 1 N–H and O–H groups in total. The van der Waals surface area contributed by atoms with Gasteiger partial charge in [0.2, 0.25) is 0 Å². The number of carbonyl (C=O) groups is 1. The summed E-state index contributed by atoms with van der Waals surface area (Å²) in [5.74, 6) is -0.210. The maximum atomic E-state index is 13.0. The molecule has 2 aliphatic heterocycles. The van der Waals surface area contributed by atoms with E-state index >= 15 is 0 Å². The highest BCUT2D eigenvalue weighted by molar-refractivity contribution is 7.10. The highest BCUT2D eigenvalue weighted by atomic mass is 35.5. The fraction of sp³-hybridized carbons (Fsp3) is 0.400. The van der Waals surface area contributed by atoms with E-state index in [-0.39, 0.29) is 17.9 Å². The van der Waals surface area contributed by atoms with E-state index in [4.69, 9.17) is 28.3 Å². The van der Waals surface area contributed by atoms with Gasteiger partial charge in [-0.25, -0.2) is 5.01 Å². The molecule has 148 valence electrons. The summed E-state index contributed by atoms with van der Waals surface area (Å²) in [5, 5.41) is 11.7. The van der Waals surface area contributed by atoms with E-state index in [0.717, 1.165) is 36.5 Å². The zero-order chi connectivity index (χ0) is 19.7. The van der Waals surface area contributed by atoms with Crippen LogP contribution in [-0.4, -0.2) is 29.7 Å². The number of hydrogen-bond acceptors (Lipinski definition) is 5. The molecule has 8 heteroatoms. The van der Waals surface area contributed by atoms with Crippen molar-refractivity contribution in [2.24, 2.45) is 11.0 Å². The van der Waals surface area contributed by atoms with Gasteiger partial charge in [-0.15, -0.1) is 11.3 Å². The van der Waals surface area contributed by atoms with Gasteiger partial charge in [-0.05, 0) is 42.5 Å². The van der Waals surface area contributed by atoms with Crippen molar-refractivity contribution in [3.05, 3.63) is 50.6 Å². The summed E-state index contributed by atoms with van der Waals surface area (Å²) in [6.07, 6.45) is 3.42. The van der Waals surface area contributed by atoms with E-state index in [2.05, 4.69) is 11.5 Å². The molecule has 0 radical (unpaired) electrons. The van der Waals surface area contributed by atoms with Crippen LogP contribution >= 0.6 is 34.5 Å². The lowest BCUT2D eigenvalue weighted by Crippen LogP contribution is -2.48. The number of amides is 1. The fourth-order valence-corrected chi connectivity index (χ4v) is 5.20. The number of thiophene rings is 1. The van der Waals surface area contributed by atoms with E-state index in [1.807, 2.05) is 34.5 Å². The second-order valence-corrected chi connectivity index (χ2v) is 8.99. The molecule has 1 saturated heterocycles. The Kier molecular flexibility index (Phi) is 5.92. The molecular formula is C20H22Cl2N4OS. The first-order valence-corrected chi connectivity index (χ1v) is 11.1. The first kappa shape index (κ1) is 19.7. The van der Waals surface area contributed by atoms with Crippen molar-refractivity contribution in [3.8, 4) is 0 Å². The molecule has 1 amide bonds. The topological polar surface area (TPSA) is 47.9 Å². The maximum absolute atomic E-state index is 13.0. The molecule has 4 rings (SSSR count). The lowest BCUT2D eigenvalue weighted by Gasteiger charge is -2.27. The quantitative estimate of drug-likeness (QED) is 0.722. The van der Waals surface area contributed by atoms with Crippen molar-refractivity contribution in [2.45, 2.75) is 32.2 Å². The van der Waals surface area contributed by atoms with Gasteiger partial charge in [-0.2, -0.15) is 5.10 Å². The van der Waals surface area contributed by atoms with Gasteiger partial charge in [0, 0.05) is 28.9 Å². The maximum Gasteiger partial charge on any atom is 0.282 e. The summed E-state index contributed by atoms with van der Waals surface area (Å²) in [6, 6.07) is 9.35. The predicted octanol–water partition coefficient (Wildman–Crippen LogP) is 5.13. The van der Waals surface area contributed by atoms with Crippen LogP contribution in [0.2, 0.25) is 10.0 Å². The monoisotopic (exact) mass is 436 g/mol. The van der Waals surface area contributed by atoms with E-state index < -0.39 is 0 Å². The zero-order valence-corrected chi connectivity index (χ0v) is 17.9. The number of carbonyl (C=O) groups excluding carboxylic acids is 1. The Hall–Kier alpha value is -1.60. The number of hydrogen-bond donors (Lipinski definition) is 1. The van der Waals surface area contributed by atoms with Gasteiger partial charge in [0.1, 0.15) is 5.71 Å². The standard InChI is InChI=1S/C20H22Cl2N4OS/c1-13-18(20(27)24-25-9-3-2-4-10-25)23-26(19(13)17-6-5-11-28-17)16-8-7-14(21)12-15(16)22/h5-8,11-13,19H,2-4,9-10H2,1H3,(H,24,27)/t13-,19-/m0/s1. The molecule has 5 nitrogen and oxygen atoms in total. The Labute approximate surface area is 178 Å². The average molecular weight is 437 g/mol. The first-order chi connectivity index (χ1) is 13.5. The molecule has 1 aromatic carbocycles. The number of hydrazine groups is 1. The molecule has 0 aliphatic carbocycles. The summed E-state index contributed by atoms with van der Waals surface area (Å²) in [4.78, 5) is 14.1. The minimum atomic E-state index is -0.136. The van der Waals surface area contributed by atoms with Gasteiger partial charge in [0.05, 0.1) is 16.8 Å². The van der Waals surface area contributed by atoms with Crippen LogP contribution in [0.3, 0.4) is 0 Å². The summed E-state index contributed by atoms with van der Waals surface area (Å²) in [7, 11) is 0. The largest absolute Gasteiger partial charge is 0.284 e. The number of rotatable bonds is 4. The van der Waals surface area contributed by atoms with Crippen LogP contribution in [0.15, 0.2) is 40.8 Å². The minimum absolute atomic E-state index is 0.0739. The Morgan fingerprint density at radius 2 is 2.00 bits per heavy atom. The lowest BCUT2D eigenvalue weighted by molar-refractivity contribution is -0.120. The number of nitrogens with zero attached hydrogens (tertiary/aromatic N) is 3. The lowest BCUT2D eigenvalue weighted by atomic mass is 9.95. The van der Waals surface area contributed by atoms with Crippen LogP contribution in [0.25, 0.3) is 0 Å². The van der Waals surface area contributed by atoms with E-state index in [9.17, 15) is 4.79 Å². The third-order valence-electron chi connectivity index (χ3n) is 5.22. The second-order valence-electron chi connectivity index (χ2n) is 7.16. The predicted molar refractivity (Wildman–Crippen MR) is 116 cm³/mol. The van der Waals surface area contributed by atoms with Crippen LogP contribution < -0.4 is 10.4 Å². The molecule has 0 bridgehead atoms. The van der Waals surface area contributed by atoms with E-state index in [1.165, 1.54) is 6.42 Å². The van der Waals surface area contributed by atoms with E-state index in [1.54, 1.807) is 23.5 Å². The molecule has 2 aliphatic rings. The van der Waals surface area contributed by atoms with Crippen LogP contribution in [0.5, 0.6) is 0 Å². The molecule has 28 heavy (non-hydrogen) atoms. The second kappa shape index (κ2) is 8.41. The van der Waals surface area contributed by atoms with Crippen molar-refractivity contribution in [1.82, 2.24) is 10.4 Å². The van der Waals surface area contributed by atoms with Gasteiger partial charge >= 0.3 is 0 Å². The van der Waals surface area contributed by atoms with Crippen molar-refractivity contribution in [2.75, 3.05) is 18.1 Å². The number of piperidine rings is 1. The smallest absolute Gasteiger partial charge is 0.282 e. The third kappa shape index (κ3) is 3.92. The normalized spacial score (nSPS) is 23.0. The van der Waals surface area contributed by atoms with Gasteiger partial charge in [0.15, 0.2) is 0 Å². The molecular weight excluding hydrogens is 415 g/mol. The van der Waals surface area contributed by atoms with Crippen molar-refractivity contribution < 1.29 is 4.79 Å². The number of benzene rings is 1. The summed E-state index contributed by atoms with van der Waals surface area (Å²) < 4.78 is 0. The van der Waals surface area contributed by atoms with Crippen LogP contribution in [-0.2, 0) is 4.79 Å². The fourth-order valence-electron chi connectivity index (χ4n) is 3.79. The molecule has 1 fully saturated rings. The van der Waals surface area contributed by atoms with Crippen LogP contribution in [0.4, 0.5) is 5.69 Å². The van der Waals surface area contributed by atoms with Crippen LogP contribution in [0, 0.1) is 5.92 Å². The molecule has 3 heterocycles. The Bertz CT molecular complexity index is 880. The van der Waals surface area contributed by atoms with Crippen molar-refractivity contribution >= 4 is 51.8 Å². The Balaban J connectivity index is 1.65. The van der Waals surface area contributed by atoms with Gasteiger partial charge in [-0.3, -0.25) is 15.2 Å². The van der Waals surface area contributed by atoms with Gasteiger partial charge in [0.25, 0.3) is 5.91 Å². The Morgan fingerprint density at radius 3 is 2.68 bits per heavy atom. The summed E-state index contributed by atoms with van der Waals surface area (Å²) in [5.41, 5.74) is 4.31. The first-order valence-electron chi connectivity index (χ1n) is 9.46. The number of hydrazone groups is 1.